The molecule has 264 valence electrons. The van der Waals surface area contributed by atoms with Crippen LogP contribution in [0.3, 0.4) is 0 Å². The van der Waals surface area contributed by atoms with Gasteiger partial charge in [-0.15, -0.1) is 0 Å². The molecule has 0 aromatic heterocycles. The van der Waals surface area contributed by atoms with Crippen molar-refractivity contribution in [1.82, 2.24) is 0 Å². The summed E-state index contributed by atoms with van der Waals surface area (Å²) in [7, 11) is 0. The largest absolute Gasteiger partial charge is 0.0850 e. The Bertz CT molecular complexity index is 1120. The Kier molecular flexibility index (Phi) is 9.07. The number of hydrogen-bond acceptors (Lipinski definition) is 0. The highest BCUT2D eigenvalue weighted by Gasteiger charge is 2.60. The summed E-state index contributed by atoms with van der Waals surface area (Å²) in [4.78, 5) is 0. The Morgan fingerprint density at radius 1 is 0.511 bits per heavy atom. The minimum absolute atomic E-state index is 0.591. The molecule has 0 N–H and O–H groups in total. The quantitative estimate of drug-likeness (QED) is 0.268. The van der Waals surface area contributed by atoms with Gasteiger partial charge in [0.2, 0.25) is 0 Å². The molecular weight excluding hydrogens is 565 g/mol. The smallest absolute Gasteiger partial charge is 0.0144 e. The molecule has 0 saturated heterocycles. The molecule has 9 aliphatic rings. The molecule has 0 aromatic carbocycles. The molecule has 0 nitrogen and oxygen atoms in total. The van der Waals surface area contributed by atoms with E-state index in [9.17, 15) is 0 Å². The fourth-order valence-electron chi connectivity index (χ4n) is 17.8. The number of hydrogen-bond donors (Lipinski definition) is 0. The van der Waals surface area contributed by atoms with Crippen molar-refractivity contribution < 1.29 is 0 Å². The fourth-order valence-corrected chi connectivity index (χ4v) is 17.8. The summed E-state index contributed by atoms with van der Waals surface area (Å²) >= 11 is 0. The molecule has 9 rings (SSSR count). The van der Waals surface area contributed by atoms with E-state index in [0.29, 0.717) is 5.41 Å². The molecule has 0 heterocycles. The zero-order valence-corrected chi connectivity index (χ0v) is 31.7. The lowest BCUT2D eigenvalue weighted by Gasteiger charge is -2.58. The van der Waals surface area contributed by atoms with Gasteiger partial charge in [0.05, 0.1) is 0 Å². The number of allylic oxidation sites excluding steroid dienone is 2. The Hall–Kier alpha value is -0.260. The molecule has 17 unspecified atom stereocenters. The van der Waals surface area contributed by atoms with Gasteiger partial charge >= 0.3 is 0 Å². The van der Waals surface area contributed by atoms with Crippen molar-refractivity contribution in [2.45, 2.75) is 175 Å². The first-order valence-electron chi connectivity index (χ1n) is 22.6. The van der Waals surface area contributed by atoms with Crippen molar-refractivity contribution in [1.29, 1.82) is 0 Å². The summed E-state index contributed by atoms with van der Waals surface area (Å²) in [5.41, 5.74) is 2.41. The van der Waals surface area contributed by atoms with Crippen LogP contribution in [-0.2, 0) is 0 Å². The molecule has 0 amide bonds. The Labute approximate surface area is 292 Å². The molecule has 9 aliphatic carbocycles. The van der Waals surface area contributed by atoms with E-state index in [1.165, 1.54) is 12.8 Å². The second kappa shape index (κ2) is 13.1. The molecule has 0 aromatic rings. The standard InChI is InChI=1S/C47H76/c1-5-30-19-26-42-39(23-20-32-18-17-29(2)45(30)46(32)42)38-15-9-8-14-37(38)34-22-25-41-40-24-21-33(27-43(40)47(3,4)44(41)28-34)36-16-10-12-31-11-6-7-13-35(31)36/h17,30-46H,5-16,18-28H2,1-4H3. The highest BCUT2D eigenvalue weighted by atomic mass is 14.6. The second-order valence-corrected chi connectivity index (χ2v) is 21.1. The Morgan fingerprint density at radius 3 is 1.72 bits per heavy atom. The molecule has 8 fully saturated rings. The molecule has 0 bridgehead atoms. The summed E-state index contributed by atoms with van der Waals surface area (Å²) in [5.74, 6) is 18.0. The highest BCUT2D eigenvalue weighted by Crippen LogP contribution is 2.67. The normalized spacial score (nSPS) is 54.0. The van der Waals surface area contributed by atoms with Crippen LogP contribution < -0.4 is 0 Å². The molecule has 0 radical (unpaired) electrons. The van der Waals surface area contributed by atoms with E-state index >= 15 is 0 Å². The van der Waals surface area contributed by atoms with Crippen LogP contribution in [0.5, 0.6) is 0 Å². The zero-order chi connectivity index (χ0) is 31.9. The van der Waals surface area contributed by atoms with Crippen LogP contribution in [0.25, 0.3) is 0 Å². The van der Waals surface area contributed by atoms with E-state index in [2.05, 4.69) is 33.8 Å². The van der Waals surface area contributed by atoms with Crippen molar-refractivity contribution in [2.75, 3.05) is 0 Å². The number of fused-ring (bicyclic) bond motifs is 4. The van der Waals surface area contributed by atoms with E-state index in [1.807, 2.05) is 5.57 Å². The minimum atomic E-state index is 0.591. The second-order valence-electron chi connectivity index (χ2n) is 21.1. The average Bonchev–Trinajstić information content (AvgIpc) is 3.34. The molecule has 0 spiro atoms. The summed E-state index contributed by atoms with van der Waals surface area (Å²) in [6.07, 6.45) is 38.9. The first-order chi connectivity index (χ1) is 22.9. The molecular formula is C47H76. The summed E-state index contributed by atoms with van der Waals surface area (Å²) < 4.78 is 0. The lowest BCUT2D eigenvalue weighted by molar-refractivity contribution is -0.0648. The van der Waals surface area contributed by atoms with Gasteiger partial charge in [-0.05, 0) is 209 Å². The first kappa shape index (κ1) is 32.6. The van der Waals surface area contributed by atoms with Crippen molar-refractivity contribution in [3.63, 3.8) is 0 Å². The van der Waals surface area contributed by atoms with Crippen molar-refractivity contribution in [3.8, 4) is 0 Å². The van der Waals surface area contributed by atoms with Gasteiger partial charge in [0.15, 0.2) is 0 Å². The van der Waals surface area contributed by atoms with Crippen LogP contribution >= 0.6 is 0 Å². The third-order valence-corrected chi connectivity index (χ3v) is 19.7. The van der Waals surface area contributed by atoms with E-state index in [0.717, 1.165) is 101 Å². The third-order valence-electron chi connectivity index (χ3n) is 19.7. The van der Waals surface area contributed by atoms with Crippen LogP contribution in [0.1, 0.15) is 175 Å². The fraction of sp³-hybridized carbons (Fsp3) is 0.957. The van der Waals surface area contributed by atoms with Crippen LogP contribution in [-0.4, -0.2) is 0 Å². The summed E-state index contributed by atoms with van der Waals surface area (Å²) in [6.45, 7) is 10.7. The van der Waals surface area contributed by atoms with Gasteiger partial charge in [-0.3, -0.25) is 0 Å². The lowest BCUT2D eigenvalue weighted by atomic mass is 9.47. The highest BCUT2D eigenvalue weighted by molar-refractivity contribution is 5.17. The van der Waals surface area contributed by atoms with Gasteiger partial charge in [0.1, 0.15) is 0 Å². The van der Waals surface area contributed by atoms with Crippen LogP contribution in [0.15, 0.2) is 11.6 Å². The van der Waals surface area contributed by atoms with Gasteiger partial charge in [-0.1, -0.05) is 83.8 Å². The van der Waals surface area contributed by atoms with Gasteiger partial charge in [0.25, 0.3) is 0 Å². The maximum Gasteiger partial charge on any atom is -0.0144 e. The van der Waals surface area contributed by atoms with Crippen LogP contribution in [0, 0.1) is 106 Å². The maximum absolute atomic E-state index is 2.83. The van der Waals surface area contributed by atoms with Gasteiger partial charge in [0, 0.05) is 0 Å². The lowest BCUT2D eigenvalue weighted by Crippen LogP contribution is -2.50. The Morgan fingerprint density at radius 2 is 1.02 bits per heavy atom. The number of rotatable bonds is 4. The predicted molar refractivity (Wildman–Crippen MR) is 199 cm³/mol. The van der Waals surface area contributed by atoms with Crippen molar-refractivity contribution >= 4 is 0 Å². The minimum Gasteiger partial charge on any atom is -0.0850 e. The maximum atomic E-state index is 2.83. The SMILES string of the molecule is CCC1CCC2C(C3CCCCC3C3CCC4C5CCC(C6CCCC7CCCCC76)CC5C(C)(C)C4C3)CCC3CC=C(C)C1C32. The third kappa shape index (κ3) is 5.45. The summed E-state index contributed by atoms with van der Waals surface area (Å²) in [5, 5.41) is 0. The van der Waals surface area contributed by atoms with E-state index in [-0.39, 0.29) is 0 Å². The van der Waals surface area contributed by atoms with E-state index in [1.54, 1.807) is 135 Å². The van der Waals surface area contributed by atoms with Crippen molar-refractivity contribution in [3.05, 3.63) is 11.6 Å². The van der Waals surface area contributed by atoms with Crippen molar-refractivity contribution in [2.24, 2.45) is 106 Å². The Balaban J connectivity index is 0.914. The topological polar surface area (TPSA) is 0 Å². The monoisotopic (exact) mass is 641 g/mol. The molecule has 0 aliphatic heterocycles. The van der Waals surface area contributed by atoms with Gasteiger partial charge < -0.3 is 0 Å². The van der Waals surface area contributed by atoms with Crippen LogP contribution in [0.4, 0.5) is 0 Å². The molecule has 47 heavy (non-hydrogen) atoms. The van der Waals surface area contributed by atoms with Crippen LogP contribution in [0.2, 0.25) is 0 Å². The molecule has 17 atom stereocenters. The zero-order valence-electron chi connectivity index (χ0n) is 31.7. The van der Waals surface area contributed by atoms with Gasteiger partial charge in [-0.2, -0.15) is 0 Å². The van der Waals surface area contributed by atoms with E-state index < -0.39 is 0 Å². The van der Waals surface area contributed by atoms with E-state index in [4.69, 9.17) is 0 Å². The molecule has 0 heteroatoms. The first-order valence-corrected chi connectivity index (χ1v) is 22.6. The van der Waals surface area contributed by atoms with Gasteiger partial charge in [-0.25, -0.2) is 0 Å². The predicted octanol–water partition coefficient (Wildman–Crippen LogP) is 13.5. The summed E-state index contributed by atoms with van der Waals surface area (Å²) in [6, 6.07) is 0. The average molecular weight is 641 g/mol. The molecule has 8 saturated carbocycles.